The van der Waals surface area contributed by atoms with Gasteiger partial charge in [0.25, 0.3) is 0 Å². The average molecular weight is 287 g/mol. The second-order valence-corrected chi connectivity index (χ2v) is 4.88. The molecule has 2 N–H and O–H groups in total. The topological polar surface area (TPSA) is 63.2 Å². The van der Waals surface area contributed by atoms with E-state index in [1.807, 2.05) is 43.3 Å². The minimum absolute atomic E-state index is 0.0344. The summed E-state index contributed by atoms with van der Waals surface area (Å²) in [4.78, 5) is 16.4. The lowest BCUT2D eigenvalue weighted by molar-refractivity contribution is -0.122. The fourth-order valence-electron chi connectivity index (χ4n) is 1.99. The van der Waals surface area contributed by atoms with Crippen molar-refractivity contribution in [3.63, 3.8) is 0 Å². The Labute approximate surface area is 124 Å². The molecule has 112 valence electrons. The Balaban J connectivity index is 1.87. The van der Waals surface area contributed by atoms with Crippen LogP contribution in [0.4, 0.5) is 0 Å². The number of carbonyl (C=O) groups excluding carboxylic acids is 1. The van der Waals surface area contributed by atoms with Crippen molar-refractivity contribution in [1.82, 2.24) is 15.6 Å². The van der Waals surface area contributed by atoms with Crippen molar-refractivity contribution in [2.24, 2.45) is 0 Å². The molecule has 0 saturated heterocycles. The predicted octanol–water partition coefficient (Wildman–Crippen LogP) is 1.48. The largest absolute Gasteiger partial charge is 0.383 e. The zero-order chi connectivity index (χ0) is 15.1. The molecule has 0 spiro atoms. The normalized spacial score (nSPS) is 12.3. The third-order valence-electron chi connectivity index (χ3n) is 3.24. The van der Waals surface area contributed by atoms with E-state index >= 15 is 0 Å². The Morgan fingerprint density at radius 2 is 2.10 bits per heavy atom. The molecule has 0 saturated carbocycles. The van der Waals surface area contributed by atoms with Gasteiger partial charge in [0.2, 0.25) is 5.91 Å². The molecule has 1 heterocycles. The minimum Gasteiger partial charge on any atom is -0.383 e. The van der Waals surface area contributed by atoms with Gasteiger partial charge in [0, 0.05) is 25.6 Å². The summed E-state index contributed by atoms with van der Waals surface area (Å²) < 4.78 is 4.90. The molecule has 1 aromatic heterocycles. The van der Waals surface area contributed by atoms with Gasteiger partial charge in [-0.1, -0.05) is 24.3 Å². The van der Waals surface area contributed by atoms with Crippen molar-refractivity contribution in [2.75, 3.05) is 20.3 Å². The van der Waals surface area contributed by atoms with Crippen LogP contribution in [0.25, 0.3) is 10.9 Å². The third kappa shape index (κ3) is 4.51. The number of hydrogen-bond donors (Lipinski definition) is 2. The smallest absolute Gasteiger partial charge is 0.236 e. The summed E-state index contributed by atoms with van der Waals surface area (Å²) in [5.41, 5.74) is 1.89. The molecule has 1 aromatic carbocycles. The van der Waals surface area contributed by atoms with Crippen molar-refractivity contribution in [3.8, 4) is 0 Å². The highest BCUT2D eigenvalue weighted by atomic mass is 16.5. The van der Waals surface area contributed by atoms with E-state index in [4.69, 9.17) is 4.74 Å². The fourth-order valence-corrected chi connectivity index (χ4v) is 1.99. The van der Waals surface area contributed by atoms with Crippen LogP contribution in [-0.4, -0.2) is 37.2 Å². The number of carbonyl (C=O) groups is 1. The standard InChI is InChI=1S/C16H21N3O2/c1-12(16(20)17-9-10-21-2)18-11-14-8-7-13-5-3-4-6-15(13)19-14/h3-8,12,18H,9-11H2,1-2H3,(H,17,20). The molecule has 2 aromatic rings. The van der Waals surface area contributed by atoms with Gasteiger partial charge in [0.05, 0.1) is 23.9 Å². The molecule has 21 heavy (non-hydrogen) atoms. The van der Waals surface area contributed by atoms with Crippen LogP contribution in [0.15, 0.2) is 36.4 Å². The van der Waals surface area contributed by atoms with Crippen LogP contribution in [-0.2, 0) is 16.1 Å². The molecule has 0 aliphatic carbocycles. The Kier molecular flexibility index (Phi) is 5.66. The van der Waals surface area contributed by atoms with E-state index < -0.39 is 0 Å². The summed E-state index contributed by atoms with van der Waals surface area (Å²) in [6.07, 6.45) is 0. The highest BCUT2D eigenvalue weighted by Crippen LogP contribution is 2.11. The number of ether oxygens (including phenoxy) is 1. The van der Waals surface area contributed by atoms with Gasteiger partial charge >= 0.3 is 0 Å². The van der Waals surface area contributed by atoms with E-state index in [2.05, 4.69) is 15.6 Å². The molecule has 0 bridgehead atoms. The molecule has 1 amide bonds. The fraction of sp³-hybridized carbons (Fsp3) is 0.375. The molecular weight excluding hydrogens is 266 g/mol. The van der Waals surface area contributed by atoms with E-state index in [0.717, 1.165) is 16.6 Å². The van der Waals surface area contributed by atoms with Crippen LogP contribution in [0.5, 0.6) is 0 Å². The number of nitrogens with zero attached hydrogens (tertiary/aromatic N) is 1. The second-order valence-electron chi connectivity index (χ2n) is 4.88. The monoisotopic (exact) mass is 287 g/mol. The summed E-state index contributed by atoms with van der Waals surface area (Å²) >= 11 is 0. The summed E-state index contributed by atoms with van der Waals surface area (Å²) in [5.74, 6) is -0.0344. The Morgan fingerprint density at radius 1 is 1.29 bits per heavy atom. The van der Waals surface area contributed by atoms with Crippen LogP contribution in [0.3, 0.4) is 0 Å². The third-order valence-corrected chi connectivity index (χ3v) is 3.24. The SMILES string of the molecule is COCCNC(=O)C(C)NCc1ccc2ccccc2n1. The van der Waals surface area contributed by atoms with Crippen molar-refractivity contribution in [1.29, 1.82) is 0 Å². The summed E-state index contributed by atoms with van der Waals surface area (Å²) in [7, 11) is 1.61. The number of pyridine rings is 1. The maximum absolute atomic E-state index is 11.8. The first kappa shape index (κ1) is 15.4. The number of amides is 1. The first-order valence-corrected chi connectivity index (χ1v) is 7.05. The average Bonchev–Trinajstić information content (AvgIpc) is 2.52. The molecule has 1 unspecified atom stereocenters. The quantitative estimate of drug-likeness (QED) is 0.757. The lowest BCUT2D eigenvalue weighted by Gasteiger charge is -2.13. The highest BCUT2D eigenvalue weighted by molar-refractivity contribution is 5.81. The molecule has 5 nitrogen and oxygen atoms in total. The first-order chi connectivity index (χ1) is 10.2. The van der Waals surface area contributed by atoms with Crippen molar-refractivity contribution < 1.29 is 9.53 Å². The summed E-state index contributed by atoms with van der Waals surface area (Å²) in [5, 5.41) is 7.09. The molecule has 0 fully saturated rings. The highest BCUT2D eigenvalue weighted by Gasteiger charge is 2.11. The Bertz CT molecular complexity index is 601. The number of hydrogen-bond acceptors (Lipinski definition) is 4. The molecule has 0 radical (unpaired) electrons. The van der Waals surface area contributed by atoms with Crippen LogP contribution in [0.2, 0.25) is 0 Å². The van der Waals surface area contributed by atoms with E-state index in [1.165, 1.54) is 0 Å². The number of benzene rings is 1. The minimum atomic E-state index is -0.268. The van der Waals surface area contributed by atoms with E-state index in [9.17, 15) is 4.79 Å². The van der Waals surface area contributed by atoms with Gasteiger partial charge in [-0.2, -0.15) is 0 Å². The molecular formula is C16H21N3O2. The zero-order valence-corrected chi connectivity index (χ0v) is 12.4. The maximum Gasteiger partial charge on any atom is 0.236 e. The molecule has 5 heteroatoms. The van der Waals surface area contributed by atoms with Crippen molar-refractivity contribution in [2.45, 2.75) is 19.5 Å². The lowest BCUT2D eigenvalue weighted by atomic mass is 10.2. The van der Waals surface area contributed by atoms with Gasteiger partial charge in [0.1, 0.15) is 0 Å². The van der Waals surface area contributed by atoms with Gasteiger partial charge in [-0.15, -0.1) is 0 Å². The molecule has 0 aliphatic heterocycles. The van der Waals surface area contributed by atoms with Gasteiger partial charge in [-0.05, 0) is 19.1 Å². The second kappa shape index (κ2) is 7.71. The zero-order valence-electron chi connectivity index (χ0n) is 12.4. The summed E-state index contributed by atoms with van der Waals surface area (Å²) in [6, 6.07) is 11.7. The maximum atomic E-state index is 11.8. The van der Waals surface area contributed by atoms with Crippen LogP contribution >= 0.6 is 0 Å². The first-order valence-electron chi connectivity index (χ1n) is 7.05. The number of fused-ring (bicyclic) bond motifs is 1. The van der Waals surface area contributed by atoms with Gasteiger partial charge < -0.3 is 15.4 Å². The van der Waals surface area contributed by atoms with Crippen molar-refractivity contribution in [3.05, 3.63) is 42.1 Å². The molecule has 1 atom stereocenters. The van der Waals surface area contributed by atoms with Crippen LogP contribution in [0.1, 0.15) is 12.6 Å². The number of aromatic nitrogens is 1. The van der Waals surface area contributed by atoms with Gasteiger partial charge in [0.15, 0.2) is 0 Å². The Morgan fingerprint density at radius 3 is 2.90 bits per heavy atom. The number of rotatable bonds is 7. The Hall–Kier alpha value is -1.98. The van der Waals surface area contributed by atoms with Gasteiger partial charge in [-0.3, -0.25) is 9.78 Å². The molecule has 2 rings (SSSR count). The van der Waals surface area contributed by atoms with Crippen molar-refractivity contribution >= 4 is 16.8 Å². The van der Waals surface area contributed by atoms with Crippen LogP contribution < -0.4 is 10.6 Å². The number of methoxy groups -OCH3 is 1. The molecule has 0 aliphatic rings. The summed E-state index contributed by atoms with van der Waals surface area (Å²) in [6.45, 7) is 3.44. The lowest BCUT2D eigenvalue weighted by Crippen LogP contribution is -2.42. The van der Waals surface area contributed by atoms with E-state index in [1.54, 1.807) is 7.11 Å². The number of nitrogens with one attached hydrogen (secondary N) is 2. The predicted molar refractivity (Wildman–Crippen MR) is 82.9 cm³/mol. The van der Waals surface area contributed by atoms with E-state index in [-0.39, 0.29) is 11.9 Å². The van der Waals surface area contributed by atoms with Crippen LogP contribution in [0, 0.1) is 0 Å². The van der Waals surface area contributed by atoms with E-state index in [0.29, 0.717) is 19.7 Å². The van der Waals surface area contributed by atoms with Gasteiger partial charge in [-0.25, -0.2) is 0 Å². The number of para-hydroxylation sites is 1.